The Morgan fingerprint density at radius 1 is 1.21 bits per heavy atom. The maximum atomic E-state index is 12.4. The number of allylic oxidation sites excluding steroid dienone is 1. The molecule has 2 rings (SSSR count). The first-order chi connectivity index (χ1) is 13.5. The van der Waals surface area contributed by atoms with Crippen molar-refractivity contribution in [2.75, 3.05) is 5.01 Å². The lowest BCUT2D eigenvalue weighted by Crippen LogP contribution is -2.33. The number of rotatable bonds is 8. The van der Waals surface area contributed by atoms with E-state index < -0.39 is 6.09 Å². The smallest absolute Gasteiger partial charge is 0.413 e. The summed E-state index contributed by atoms with van der Waals surface area (Å²) in [4.78, 5) is 12.4. The number of benzene rings is 2. The minimum atomic E-state index is -0.524. The molecule has 0 aromatic heterocycles. The quantitative estimate of drug-likeness (QED) is 0.393. The third kappa shape index (κ3) is 6.53. The second kappa shape index (κ2) is 11.3. The van der Waals surface area contributed by atoms with Gasteiger partial charge >= 0.3 is 6.09 Å². The second-order valence-electron chi connectivity index (χ2n) is 6.18. The van der Waals surface area contributed by atoms with Crippen molar-refractivity contribution < 1.29 is 9.53 Å². The highest BCUT2D eigenvalue weighted by molar-refractivity contribution is 9.10. The molecule has 0 fully saturated rings. The Bertz CT molecular complexity index is 832. The Hall–Kier alpha value is -2.60. The fraction of sp³-hybridized carbons (Fsp3) is 0.273. The molecule has 1 amide bonds. The van der Waals surface area contributed by atoms with Crippen LogP contribution < -0.4 is 10.3 Å². The largest absolute Gasteiger partial charge is 0.444 e. The summed E-state index contributed by atoms with van der Waals surface area (Å²) in [5.74, 6) is 0.532. The molecule has 5 nitrogen and oxygen atoms in total. The van der Waals surface area contributed by atoms with Gasteiger partial charge in [-0.15, -0.1) is 0 Å². The molecule has 0 aliphatic rings. The summed E-state index contributed by atoms with van der Waals surface area (Å²) >= 11 is 3.44. The maximum absolute atomic E-state index is 12.4. The Kier molecular flexibility index (Phi) is 8.75. The Balaban J connectivity index is 2.10. The normalized spacial score (nSPS) is 11.5. The zero-order valence-corrected chi connectivity index (χ0v) is 18.1. The highest BCUT2D eigenvalue weighted by atomic mass is 79.9. The van der Waals surface area contributed by atoms with Crippen molar-refractivity contribution >= 4 is 33.9 Å². The van der Waals surface area contributed by atoms with Crippen molar-refractivity contribution in [3.63, 3.8) is 0 Å². The Morgan fingerprint density at radius 2 is 1.93 bits per heavy atom. The van der Waals surface area contributed by atoms with Crippen molar-refractivity contribution in [1.29, 1.82) is 0 Å². The summed E-state index contributed by atoms with van der Waals surface area (Å²) in [5, 5.41) is 9.01. The minimum absolute atomic E-state index is 0.215. The van der Waals surface area contributed by atoms with Crippen LogP contribution in [0.25, 0.3) is 0 Å². The lowest BCUT2D eigenvalue weighted by atomic mass is 10.1. The highest BCUT2D eigenvalue weighted by Crippen LogP contribution is 2.22. The molecular formula is C22H26BrN3O2. The summed E-state index contributed by atoms with van der Waals surface area (Å²) in [6.45, 7) is 6.14. The molecule has 0 unspecified atom stereocenters. The number of halogens is 1. The molecule has 2 aromatic carbocycles. The average Bonchev–Trinajstić information content (AvgIpc) is 2.70. The summed E-state index contributed by atoms with van der Waals surface area (Å²) in [5.41, 5.74) is 2.90. The average molecular weight is 444 g/mol. The van der Waals surface area contributed by atoms with Crippen LogP contribution in [-0.2, 0) is 11.3 Å². The molecule has 2 aromatic rings. The first kappa shape index (κ1) is 21.7. The van der Waals surface area contributed by atoms with Crippen LogP contribution in [0.4, 0.5) is 10.5 Å². The van der Waals surface area contributed by atoms with Crippen LogP contribution in [0.5, 0.6) is 0 Å². The number of nitrogens with one attached hydrogen (secondary N) is 1. The molecule has 28 heavy (non-hydrogen) atoms. The third-order valence-electron chi connectivity index (χ3n) is 4.04. The van der Waals surface area contributed by atoms with Gasteiger partial charge in [0.2, 0.25) is 0 Å². The lowest BCUT2D eigenvalue weighted by molar-refractivity contribution is 0.142. The topological polar surface area (TPSA) is 53.9 Å². The number of unbranched alkanes of at least 4 members (excludes halogenated alkanes) is 1. The van der Waals surface area contributed by atoms with E-state index in [1.807, 2.05) is 68.6 Å². The van der Waals surface area contributed by atoms with Gasteiger partial charge in [-0.2, -0.15) is 5.10 Å². The molecular weight excluding hydrogens is 418 g/mol. The molecule has 0 spiro atoms. The van der Waals surface area contributed by atoms with Crippen molar-refractivity contribution in [3.8, 4) is 0 Å². The van der Waals surface area contributed by atoms with Crippen molar-refractivity contribution in [1.82, 2.24) is 5.32 Å². The number of hydrogen-bond donors (Lipinski definition) is 1. The first-order valence-electron chi connectivity index (χ1n) is 9.27. The molecule has 1 N–H and O–H groups in total. The lowest BCUT2D eigenvalue weighted by Gasteiger charge is -2.22. The highest BCUT2D eigenvalue weighted by Gasteiger charge is 2.14. The van der Waals surface area contributed by atoms with Crippen molar-refractivity contribution in [3.05, 3.63) is 76.0 Å². The molecule has 0 heterocycles. The zero-order chi connectivity index (χ0) is 20.4. The van der Waals surface area contributed by atoms with E-state index in [1.165, 1.54) is 0 Å². The molecule has 0 radical (unpaired) electrons. The fourth-order valence-corrected chi connectivity index (χ4v) is 2.69. The summed E-state index contributed by atoms with van der Waals surface area (Å²) in [7, 11) is 0. The Labute approximate surface area is 175 Å². The van der Waals surface area contributed by atoms with Gasteiger partial charge in [0, 0.05) is 10.7 Å². The van der Waals surface area contributed by atoms with Gasteiger partial charge < -0.3 is 4.74 Å². The van der Waals surface area contributed by atoms with Crippen LogP contribution in [-0.4, -0.2) is 12.3 Å². The first-order valence-corrected chi connectivity index (χ1v) is 10.1. The van der Waals surface area contributed by atoms with Crippen LogP contribution in [0.2, 0.25) is 0 Å². The monoisotopic (exact) mass is 443 g/mol. The number of hydrogen-bond acceptors (Lipinski definition) is 4. The second-order valence-corrected chi connectivity index (χ2v) is 7.09. The van der Waals surface area contributed by atoms with Gasteiger partial charge in [-0.05, 0) is 61.7 Å². The maximum Gasteiger partial charge on any atom is 0.413 e. The van der Waals surface area contributed by atoms with Crippen LogP contribution >= 0.6 is 15.9 Å². The number of hydrazone groups is 1. The SMILES string of the molecule is C/C=C(/NC(=O)OCc1ccccc1C)N(/N=C/CCC)c1ccc(Br)cc1. The summed E-state index contributed by atoms with van der Waals surface area (Å²) < 4.78 is 6.37. The standard InChI is InChI=1S/C22H26BrN3O2/c1-4-6-15-24-26(20-13-11-19(23)12-14-20)21(5-2)25-22(27)28-16-18-10-8-7-9-17(18)3/h5,7-15H,4,6,16H2,1-3H3,(H,25,27)/b21-5-,24-15+. The number of ether oxygens (including phenoxy) is 1. The minimum Gasteiger partial charge on any atom is -0.444 e. The number of amides is 1. The number of nitrogens with zero attached hydrogens (tertiary/aromatic N) is 2. The molecule has 6 heteroatoms. The van der Waals surface area contributed by atoms with E-state index >= 15 is 0 Å². The predicted octanol–water partition coefficient (Wildman–Crippen LogP) is 6.14. The molecule has 0 aliphatic carbocycles. The van der Waals surface area contributed by atoms with E-state index in [-0.39, 0.29) is 6.61 Å². The predicted molar refractivity (Wildman–Crippen MR) is 118 cm³/mol. The van der Waals surface area contributed by atoms with Crippen molar-refractivity contribution in [2.24, 2.45) is 5.10 Å². The van der Waals surface area contributed by atoms with Gasteiger partial charge in [0.05, 0.1) is 5.69 Å². The number of alkyl carbamates (subject to hydrolysis) is 1. The van der Waals surface area contributed by atoms with Gasteiger partial charge in [-0.3, -0.25) is 5.32 Å². The molecule has 0 saturated heterocycles. The summed E-state index contributed by atoms with van der Waals surface area (Å²) in [6, 6.07) is 15.5. The molecule has 0 atom stereocenters. The fourth-order valence-electron chi connectivity index (χ4n) is 2.42. The number of anilines is 1. The Morgan fingerprint density at radius 3 is 2.57 bits per heavy atom. The van der Waals surface area contributed by atoms with Gasteiger partial charge in [-0.1, -0.05) is 53.5 Å². The van der Waals surface area contributed by atoms with Gasteiger partial charge in [-0.25, -0.2) is 9.80 Å². The van der Waals surface area contributed by atoms with E-state index in [0.717, 1.165) is 34.1 Å². The van der Waals surface area contributed by atoms with E-state index in [1.54, 1.807) is 11.1 Å². The summed E-state index contributed by atoms with van der Waals surface area (Å²) in [6.07, 6.45) is 4.95. The molecule has 148 valence electrons. The third-order valence-corrected chi connectivity index (χ3v) is 4.57. The molecule has 0 aliphatic heterocycles. The van der Waals surface area contributed by atoms with Gasteiger partial charge in [0.15, 0.2) is 0 Å². The van der Waals surface area contributed by atoms with Gasteiger partial charge in [0.25, 0.3) is 0 Å². The van der Waals surface area contributed by atoms with E-state index in [4.69, 9.17) is 4.74 Å². The van der Waals surface area contributed by atoms with Crippen molar-refractivity contribution in [2.45, 2.75) is 40.2 Å². The molecule has 0 saturated carbocycles. The van der Waals surface area contributed by atoms with Crippen LogP contribution in [0.3, 0.4) is 0 Å². The van der Waals surface area contributed by atoms with Crippen LogP contribution in [0.1, 0.15) is 37.8 Å². The number of aryl methyl sites for hydroxylation is 1. The molecule has 0 bridgehead atoms. The van der Waals surface area contributed by atoms with E-state index in [9.17, 15) is 4.79 Å². The van der Waals surface area contributed by atoms with E-state index in [2.05, 4.69) is 33.3 Å². The van der Waals surface area contributed by atoms with E-state index in [0.29, 0.717) is 5.82 Å². The van der Waals surface area contributed by atoms with Crippen LogP contribution in [0, 0.1) is 6.92 Å². The number of carbonyl (C=O) groups excluding carboxylic acids is 1. The van der Waals surface area contributed by atoms with Crippen LogP contribution in [0.15, 0.2) is 70.0 Å². The van der Waals surface area contributed by atoms with Gasteiger partial charge in [0.1, 0.15) is 12.4 Å². The number of carbonyl (C=O) groups is 1. The zero-order valence-electron chi connectivity index (χ0n) is 16.5.